The van der Waals surface area contributed by atoms with Crippen molar-refractivity contribution in [2.24, 2.45) is 0 Å². The number of benzene rings is 8. The summed E-state index contributed by atoms with van der Waals surface area (Å²) in [6.07, 6.45) is 0. The molecule has 0 saturated heterocycles. The van der Waals surface area contributed by atoms with Crippen molar-refractivity contribution in [2.45, 2.75) is 19.3 Å². The summed E-state index contributed by atoms with van der Waals surface area (Å²) in [4.78, 5) is 2.34. The Bertz CT molecular complexity index is 2460. The van der Waals surface area contributed by atoms with Crippen LogP contribution in [0.2, 0.25) is 0 Å². The molecule has 0 heterocycles. The van der Waals surface area contributed by atoms with Crippen LogP contribution in [0.25, 0.3) is 55.3 Å². The molecule has 0 aromatic heterocycles. The zero-order chi connectivity index (χ0) is 33.7. The molecule has 0 radical (unpaired) electrons. The Hall–Kier alpha value is -6.18. The number of para-hydroxylation sites is 1. The van der Waals surface area contributed by atoms with Crippen molar-refractivity contribution in [1.29, 1.82) is 0 Å². The maximum absolute atomic E-state index is 2.40. The average molecular weight is 640 g/mol. The monoisotopic (exact) mass is 639 g/mol. The van der Waals surface area contributed by atoms with Gasteiger partial charge in [0, 0.05) is 22.5 Å². The summed E-state index contributed by atoms with van der Waals surface area (Å²) >= 11 is 0. The van der Waals surface area contributed by atoms with Gasteiger partial charge >= 0.3 is 0 Å². The molecular weight excluding hydrogens is 603 g/mol. The second-order valence-corrected chi connectivity index (χ2v) is 13.7. The number of hydrogen-bond donors (Lipinski definition) is 0. The van der Waals surface area contributed by atoms with Crippen LogP contribution in [0.5, 0.6) is 0 Å². The van der Waals surface area contributed by atoms with Crippen molar-refractivity contribution >= 4 is 27.8 Å². The van der Waals surface area contributed by atoms with E-state index in [1.165, 1.54) is 66.4 Å². The minimum absolute atomic E-state index is 0.191. The molecule has 0 N–H and O–H groups in total. The molecular formula is C49H37N. The van der Waals surface area contributed by atoms with Crippen LogP contribution in [0.1, 0.15) is 25.0 Å². The van der Waals surface area contributed by atoms with Gasteiger partial charge in [0.05, 0.1) is 0 Å². The molecule has 0 amide bonds. The van der Waals surface area contributed by atoms with Gasteiger partial charge in [-0.25, -0.2) is 0 Å². The van der Waals surface area contributed by atoms with E-state index in [-0.39, 0.29) is 5.41 Å². The van der Waals surface area contributed by atoms with Crippen LogP contribution in [0.3, 0.4) is 0 Å². The normalized spacial score (nSPS) is 12.8. The number of hydrogen-bond acceptors (Lipinski definition) is 1. The van der Waals surface area contributed by atoms with Gasteiger partial charge < -0.3 is 4.90 Å². The van der Waals surface area contributed by atoms with E-state index in [2.05, 4.69) is 207 Å². The van der Waals surface area contributed by atoms with Gasteiger partial charge in [0.1, 0.15) is 0 Å². The third-order valence-corrected chi connectivity index (χ3v) is 10.4. The summed E-state index contributed by atoms with van der Waals surface area (Å²) in [6, 6.07) is 68.4. The molecule has 238 valence electrons. The fourth-order valence-electron chi connectivity index (χ4n) is 8.10. The first kappa shape index (κ1) is 29.9. The number of fused-ring (bicyclic) bond motifs is 2. The second kappa shape index (κ2) is 12.1. The Kier molecular flexibility index (Phi) is 7.21. The van der Waals surface area contributed by atoms with Crippen molar-refractivity contribution in [3.05, 3.63) is 199 Å². The van der Waals surface area contributed by atoms with Gasteiger partial charge in [-0.15, -0.1) is 0 Å². The Balaban J connectivity index is 1.17. The Morgan fingerprint density at radius 3 is 1.52 bits per heavy atom. The fourth-order valence-corrected chi connectivity index (χ4v) is 8.10. The van der Waals surface area contributed by atoms with E-state index in [0.717, 1.165) is 17.1 Å². The molecule has 0 saturated carbocycles. The molecule has 0 fully saturated rings. The van der Waals surface area contributed by atoms with E-state index in [4.69, 9.17) is 0 Å². The summed E-state index contributed by atoms with van der Waals surface area (Å²) in [5.41, 5.74) is 16.1. The standard InChI is InChI=1S/C49H37N/c1-49(2)45-23-12-18-38-28-33-42(36-16-8-4-9-17-36)47(46(38)45)44-22-13-21-43(48(44)49)37-26-31-41(32-27-37)50(39-19-10-5-11-20-39)40-29-24-35(25-30-40)34-14-6-3-7-15-34/h3-33H,1-2H3. The molecule has 1 heteroatoms. The van der Waals surface area contributed by atoms with Crippen molar-refractivity contribution in [3.63, 3.8) is 0 Å². The maximum atomic E-state index is 2.40. The lowest BCUT2D eigenvalue weighted by Crippen LogP contribution is -2.25. The molecule has 0 unspecified atom stereocenters. The first-order valence-electron chi connectivity index (χ1n) is 17.4. The Morgan fingerprint density at radius 1 is 0.360 bits per heavy atom. The van der Waals surface area contributed by atoms with E-state index >= 15 is 0 Å². The zero-order valence-electron chi connectivity index (χ0n) is 28.3. The van der Waals surface area contributed by atoms with Crippen molar-refractivity contribution in [1.82, 2.24) is 0 Å². The molecule has 0 spiro atoms. The summed E-state index contributed by atoms with van der Waals surface area (Å²) in [6.45, 7) is 4.79. The van der Waals surface area contributed by atoms with Crippen LogP contribution in [0.4, 0.5) is 17.1 Å². The molecule has 1 aliphatic rings. The molecule has 8 aromatic carbocycles. The highest BCUT2D eigenvalue weighted by atomic mass is 15.1. The molecule has 9 rings (SSSR count). The van der Waals surface area contributed by atoms with Crippen LogP contribution >= 0.6 is 0 Å². The summed E-state index contributed by atoms with van der Waals surface area (Å²) in [5, 5.41) is 2.67. The van der Waals surface area contributed by atoms with Gasteiger partial charge in [-0.2, -0.15) is 0 Å². The molecule has 1 aliphatic carbocycles. The maximum Gasteiger partial charge on any atom is 0.0462 e. The van der Waals surface area contributed by atoms with Crippen molar-refractivity contribution in [3.8, 4) is 44.5 Å². The Labute approximate surface area is 294 Å². The average Bonchev–Trinajstić information content (AvgIpc) is 3.18. The summed E-state index contributed by atoms with van der Waals surface area (Å²) in [7, 11) is 0. The fraction of sp³-hybridized carbons (Fsp3) is 0.0612. The SMILES string of the molecule is CC1(C)c2c(-c3ccc(N(c4ccccc4)c4ccc(-c5ccccc5)cc4)cc3)cccc2-c2c(-c3ccccc3)ccc3cccc1c23. The highest BCUT2D eigenvalue weighted by Crippen LogP contribution is 2.54. The van der Waals surface area contributed by atoms with Crippen molar-refractivity contribution < 1.29 is 0 Å². The third kappa shape index (κ3) is 4.94. The first-order valence-corrected chi connectivity index (χ1v) is 17.4. The van der Waals surface area contributed by atoms with Gasteiger partial charge in [-0.1, -0.05) is 166 Å². The highest BCUT2D eigenvalue weighted by Gasteiger charge is 2.36. The highest BCUT2D eigenvalue weighted by molar-refractivity contribution is 6.10. The van der Waals surface area contributed by atoms with Crippen LogP contribution in [0, 0.1) is 0 Å². The minimum Gasteiger partial charge on any atom is -0.311 e. The molecule has 0 aliphatic heterocycles. The summed E-state index contributed by atoms with van der Waals surface area (Å²) in [5.74, 6) is 0. The Morgan fingerprint density at radius 2 is 0.860 bits per heavy atom. The van der Waals surface area contributed by atoms with E-state index < -0.39 is 0 Å². The smallest absolute Gasteiger partial charge is 0.0462 e. The largest absolute Gasteiger partial charge is 0.311 e. The van der Waals surface area contributed by atoms with Gasteiger partial charge in [0.15, 0.2) is 0 Å². The predicted octanol–water partition coefficient (Wildman–Crippen LogP) is 13.6. The van der Waals surface area contributed by atoms with E-state index in [0.29, 0.717) is 0 Å². The molecule has 0 atom stereocenters. The van der Waals surface area contributed by atoms with Gasteiger partial charge in [-0.05, 0) is 103 Å². The number of anilines is 3. The molecule has 50 heavy (non-hydrogen) atoms. The topological polar surface area (TPSA) is 3.24 Å². The lowest BCUT2D eigenvalue weighted by molar-refractivity contribution is 0.647. The third-order valence-electron chi connectivity index (χ3n) is 10.4. The zero-order valence-corrected chi connectivity index (χ0v) is 28.3. The van der Waals surface area contributed by atoms with Gasteiger partial charge in [0.2, 0.25) is 0 Å². The minimum atomic E-state index is -0.191. The van der Waals surface area contributed by atoms with Crippen LogP contribution in [0.15, 0.2) is 188 Å². The molecule has 8 aromatic rings. The lowest BCUT2D eigenvalue weighted by Gasteiger charge is -2.38. The van der Waals surface area contributed by atoms with E-state index in [1.807, 2.05) is 0 Å². The van der Waals surface area contributed by atoms with Gasteiger partial charge in [-0.3, -0.25) is 0 Å². The van der Waals surface area contributed by atoms with Crippen LogP contribution < -0.4 is 4.90 Å². The second-order valence-electron chi connectivity index (χ2n) is 13.7. The quantitative estimate of drug-likeness (QED) is 0.175. The van der Waals surface area contributed by atoms with Crippen molar-refractivity contribution in [2.75, 3.05) is 4.90 Å². The lowest BCUT2D eigenvalue weighted by atomic mass is 9.65. The van der Waals surface area contributed by atoms with Crippen LogP contribution in [-0.4, -0.2) is 0 Å². The van der Waals surface area contributed by atoms with E-state index in [1.54, 1.807) is 0 Å². The van der Waals surface area contributed by atoms with E-state index in [9.17, 15) is 0 Å². The number of nitrogens with zero attached hydrogens (tertiary/aromatic N) is 1. The van der Waals surface area contributed by atoms with Gasteiger partial charge in [0.25, 0.3) is 0 Å². The number of rotatable bonds is 6. The predicted molar refractivity (Wildman–Crippen MR) is 213 cm³/mol. The summed E-state index contributed by atoms with van der Waals surface area (Å²) < 4.78 is 0. The van der Waals surface area contributed by atoms with Crippen LogP contribution in [-0.2, 0) is 5.41 Å². The molecule has 1 nitrogen and oxygen atoms in total. The first-order chi connectivity index (χ1) is 24.6. The molecule has 0 bridgehead atoms.